The number of nitrogen functional groups attached to an aromatic ring is 1. The topological polar surface area (TPSA) is 64.2 Å². The van der Waals surface area contributed by atoms with Gasteiger partial charge in [-0.3, -0.25) is 9.48 Å². The Morgan fingerprint density at radius 2 is 2.00 bits per heavy atom. The summed E-state index contributed by atoms with van der Waals surface area (Å²) in [5, 5.41) is 4.27. The average Bonchev–Trinajstić information content (AvgIpc) is 2.51. The standard InChI is InChI=1S/C13H24N4O/c1-7-17-11(10(14)9(2)15-17)12(18)16(6)8-13(3,4)5/h7-8,14H2,1-6H3. The van der Waals surface area contributed by atoms with Crippen LogP contribution in [0.2, 0.25) is 0 Å². The Morgan fingerprint density at radius 1 is 1.44 bits per heavy atom. The van der Waals surface area contributed by atoms with Crippen LogP contribution in [0.1, 0.15) is 43.9 Å². The van der Waals surface area contributed by atoms with Crippen molar-refractivity contribution in [2.45, 2.75) is 41.2 Å². The van der Waals surface area contributed by atoms with Crippen LogP contribution < -0.4 is 5.73 Å². The van der Waals surface area contributed by atoms with E-state index < -0.39 is 0 Å². The highest BCUT2D eigenvalue weighted by Crippen LogP contribution is 2.20. The minimum absolute atomic E-state index is 0.0608. The number of nitrogens with two attached hydrogens (primary N) is 1. The SMILES string of the molecule is CCn1nc(C)c(N)c1C(=O)N(C)CC(C)(C)C. The van der Waals surface area contributed by atoms with Crippen molar-refractivity contribution in [2.75, 3.05) is 19.3 Å². The molecule has 1 amide bonds. The molecule has 0 saturated carbocycles. The van der Waals surface area contributed by atoms with E-state index in [0.29, 0.717) is 30.2 Å². The number of carbonyl (C=O) groups excluding carboxylic acids is 1. The van der Waals surface area contributed by atoms with Crippen molar-refractivity contribution in [2.24, 2.45) is 5.41 Å². The zero-order valence-electron chi connectivity index (χ0n) is 12.2. The van der Waals surface area contributed by atoms with E-state index in [9.17, 15) is 4.79 Å². The van der Waals surface area contributed by atoms with Gasteiger partial charge in [0.2, 0.25) is 0 Å². The first-order chi connectivity index (χ1) is 8.17. The van der Waals surface area contributed by atoms with Crippen LogP contribution in [0.25, 0.3) is 0 Å². The van der Waals surface area contributed by atoms with Crippen LogP contribution in [-0.4, -0.2) is 34.2 Å². The number of amides is 1. The van der Waals surface area contributed by atoms with Crippen LogP contribution in [0, 0.1) is 12.3 Å². The maximum atomic E-state index is 12.4. The second-order valence-electron chi connectivity index (χ2n) is 5.89. The third-order valence-electron chi connectivity index (χ3n) is 2.73. The van der Waals surface area contributed by atoms with E-state index in [4.69, 9.17) is 5.73 Å². The fourth-order valence-corrected chi connectivity index (χ4v) is 2.01. The fraction of sp³-hybridized carbons (Fsp3) is 0.692. The summed E-state index contributed by atoms with van der Waals surface area (Å²) in [6.07, 6.45) is 0. The predicted molar refractivity (Wildman–Crippen MR) is 73.5 cm³/mol. The lowest BCUT2D eigenvalue weighted by molar-refractivity contribution is 0.0734. The van der Waals surface area contributed by atoms with Gasteiger partial charge in [-0.2, -0.15) is 5.10 Å². The lowest BCUT2D eigenvalue weighted by atomic mass is 9.96. The molecule has 18 heavy (non-hydrogen) atoms. The average molecular weight is 252 g/mol. The van der Waals surface area contributed by atoms with Crippen molar-refractivity contribution in [1.82, 2.24) is 14.7 Å². The normalized spacial score (nSPS) is 11.7. The molecule has 1 rings (SSSR count). The van der Waals surface area contributed by atoms with E-state index in [-0.39, 0.29) is 11.3 Å². The molecule has 0 aromatic carbocycles. The molecule has 5 nitrogen and oxygen atoms in total. The van der Waals surface area contributed by atoms with E-state index in [1.54, 1.807) is 16.6 Å². The minimum atomic E-state index is -0.0649. The minimum Gasteiger partial charge on any atom is -0.395 e. The van der Waals surface area contributed by atoms with Crippen molar-refractivity contribution in [3.05, 3.63) is 11.4 Å². The number of anilines is 1. The van der Waals surface area contributed by atoms with Gasteiger partial charge in [0.15, 0.2) is 0 Å². The summed E-state index contributed by atoms with van der Waals surface area (Å²) in [6, 6.07) is 0. The van der Waals surface area contributed by atoms with Crippen molar-refractivity contribution in [1.29, 1.82) is 0 Å². The molecule has 0 aliphatic rings. The number of nitrogens with zero attached hydrogens (tertiary/aromatic N) is 3. The maximum Gasteiger partial charge on any atom is 0.274 e. The molecule has 0 atom stereocenters. The van der Waals surface area contributed by atoms with E-state index >= 15 is 0 Å². The van der Waals surface area contributed by atoms with Gasteiger partial charge >= 0.3 is 0 Å². The zero-order valence-corrected chi connectivity index (χ0v) is 12.2. The largest absolute Gasteiger partial charge is 0.395 e. The molecule has 1 aromatic rings. The highest BCUT2D eigenvalue weighted by Gasteiger charge is 2.24. The van der Waals surface area contributed by atoms with Crippen LogP contribution in [-0.2, 0) is 6.54 Å². The van der Waals surface area contributed by atoms with Gasteiger partial charge in [-0.25, -0.2) is 0 Å². The van der Waals surface area contributed by atoms with Gasteiger partial charge < -0.3 is 10.6 Å². The lowest BCUT2D eigenvalue weighted by Gasteiger charge is -2.26. The Labute approximate surface area is 109 Å². The van der Waals surface area contributed by atoms with Crippen LogP contribution in [0.3, 0.4) is 0 Å². The van der Waals surface area contributed by atoms with Gasteiger partial charge in [-0.1, -0.05) is 20.8 Å². The molecular formula is C13H24N4O. The molecule has 0 fully saturated rings. The molecule has 2 N–H and O–H groups in total. The third-order valence-corrected chi connectivity index (χ3v) is 2.73. The Kier molecular flexibility index (Phi) is 4.04. The first kappa shape index (κ1) is 14.5. The van der Waals surface area contributed by atoms with Gasteiger partial charge in [0.1, 0.15) is 5.69 Å². The van der Waals surface area contributed by atoms with Crippen LogP contribution in [0.4, 0.5) is 5.69 Å². The van der Waals surface area contributed by atoms with Crippen LogP contribution in [0.15, 0.2) is 0 Å². The van der Waals surface area contributed by atoms with Gasteiger partial charge in [-0.05, 0) is 19.3 Å². The quantitative estimate of drug-likeness (QED) is 0.893. The Hall–Kier alpha value is -1.52. The van der Waals surface area contributed by atoms with Crippen LogP contribution in [0.5, 0.6) is 0 Å². The van der Waals surface area contributed by atoms with Gasteiger partial charge in [0.05, 0.1) is 11.4 Å². The third kappa shape index (κ3) is 3.03. The smallest absolute Gasteiger partial charge is 0.274 e. The maximum absolute atomic E-state index is 12.4. The molecule has 0 radical (unpaired) electrons. The van der Waals surface area contributed by atoms with Crippen molar-refractivity contribution < 1.29 is 4.79 Å². The van der Waals surface area contributed by atoms with Crippen LogP contribution >= 0.6 is 0 Å². The summed E-state index contributed by atoms with van der Waals surface area (Å²) < 4.78 is 1.67. The summed E-state index contributed by atoms with van der Waals surface area (Å²) in [5.41, 5.74) is 7.71. The van der Waals surface area contributed by atoms with Gasteiger partial charge in [0, 0.05) is 20.1 Å². The van der Waals surface area contributed by atoms with E-state index in [1.165, 1.54) is 0 Å². The molecule has 0 spiro atoms. The monoisotopic (exact) mass is 252 g/mol. The Morgan fingerprint density at radius 3 is 2.44 bits per heavy atom. The molecule has 0 saturated heterocycles. The number of hydrogen-bond acceptors (Lipinski definition) is 3. The first-order valence-electron chi connectivity index (χ1n) is 6.25. The molecular weight excluding hydrogens is 228 g/mol. The van der Waals surface area contributed by atoms with Crippen molar-refractivity contribution in [3.8, 4) is 0 Å². The number of hydrogen-bond donors (Lipinski definition) is 1. The van der Waals surface area contributed by atoms with E-state index in [0.717, 1.165) is 0 Å². The number of rotatable bonds is 3. The molecule has 0 unspecified atom stereocenters. The number of aryl methyl sites for hydroxylation is 2. The molecule has 0 aliphatic heterocycles. The van der Waals surface area contributed by atoms with E-state index in [2.05, 4.69) is 25.9 Å². The highest BCUT2D eigenvalue weighted by atomic mass is 16.2. The van der Waals surface area contributed by atoms with Crippen molar-refractivity contribution >= 4 is 11.6 Å². The molecule has 102 valence electrons. The van der Waals surface area contributed by atoms with Crippen molar-refractivity contribution in [3.63, 3.8) is 0 Å². The van der Waals surface area contributed by atoms with E-state index in [1.807, 2.05) is 13.8 Å². The Balaban J connectivity index is 3.03. The summed E-state index contributed by atoms with van der Waals surface area (Å²) in [5.74, 6) is -0.0649. The molecule has 1 aromatic heterocycles. The second kappa shape index (κ2) is 5.00. The molecule has 1 heterocycles. The second-order valence-corrected chi connectivity index (χ2v) is 5.89. The number of carbonyl (C=O) groups is 1. The molecule has 5 heteroatoms. The molecule has 0 aliphatic carbocycles. The van der Waals surface area contributed by atoms with Gasteiger partial charge in [0.25, 0.3) is 5.91 Å². The first-order valence-corrected chi connectivity index (χ1v) is 6.25. The Bertz CT molecular complexity index is 443. The summed E-state index contributed by atoms with van der Waals surface area (Å²) in [6.45, 7) is 11.4. The number of aromatic nitrogens is 2. The lowest BCUT2D eigenvalue weighted by Crippen LogP contribution is -2.36. The zero-order chi connectivity index (χ0) is 14.1. The molecule has 0 bridgehead atoms. The fourth-order valence-electron chi connectivity index (χ4n) is 2.01. The predicted octanol–water partition coefficient (Wildman–Crippen LogP) is 1.91. The highest BCUT2D eigenvalue weighted by molar-refractivity contribution is 5.97. The summed E-state index contributed by atoms with van der Waals surface area (Å²) in [4.78, 5) is 14.1. The summed E-state index contributed by atoms with van der Waals surface area (Å²) >= 11 is 0. The van der Waals surface area contributed by atoms with Gasteiger partial charge in [-0.15, -0.1) is 0 Å². The summed E-state index contributed by atoms with van der Waals surface area (Å²) in [7, 11) is 1.80.